The average Bonchev–Trinajstić information content (AvgIpc) is 3.05. The lowest BCUT2D eigenvalue weighted by Gasteiger charge is -2.73. The number of fused-ring (bicyclic) bond motifs is 4. The Labute approximate surface area is 209 Å². The number of hydrogen-bond donors (Lipinski definition) is 2. The van der Waals surface area contributed by atoms with Crippen molar-refractivity contribution in [3.63, 3.8) is 0 Å². The fraction of sp³-hybridized carbons (Fsp3) is 0.800. The number of halogens is 3. The summed E-state index contributed by atoms with van der Waals surface area (Å²) in [5.74, 6) is 0.861. The molecule has 8 rings (SSSR count). The highest BCUT2D eigenvalue weighted by atomic mass is 19.4. The van der Waals surface area contributed by atoms with E-state index < -0.39 is 11.7 Å². The molecule has 5 heterocycles. The molecule has 0 atom stereocenters. The Morgan fingerprint density at radius 2 is 1.83 bits per heavy atom. The Morgan fingerprint density at radius 1 is 1.11 bits per heavy atom. The number of alkyl halides is 3. The summed E-state index contributed by atoms with van der Waals surface area (Å²) in [5, 5.41) is 6.25. The molecule has 4 bridgehead atoms. The van der Waals surface area contributed by atoms with Crippen molar-refractivity contribution in [2.24, 2.45) is 11.3 Å². The zero-order chi connectivity index (χ0) is 25.0. The van der Waals surface area contributed by atoms with Crippen LogP contribution in [-0.4, -0.2) is 83.2 Å². The number of hydrogen-bond acceptors (Lipinski definition) is 7. The Kier molecular flexibility index (Phi) is 6.06. The quantitative estimate of drug-likeness (QED) is 0.521. The summed E-state index contributed by atoms with van der Waals surface area (Å²) in [6.45, 7) is 4.82. The lowest BCUT2D eigenvalue weighted by atomic mass is 9.35. The van der Waals surface area contributed by atoms with E-state index in [0.717, 1.165) is 77.4 Å². The molecule has 1 aromatic rings. The molecule has 4 aliphatic heterocycles. The summed E-state index contributed by atoms with van der Waals surface area (Å²) >= 11 is 0. The zero-order valence-electron chi connectivity index (χ0n) is 20.6. The second kappa shape index (κ2) is 9.01. The van der Waals surface area contributed by atoms with Crippen molar-refractivity contribution in [3.8, 4) is 0 Å². The van der Waals surface area contributed by atoms with Crippen LogP contribution < -0.4 is 10.6 Å². The first kappa shape index (κ1) is 24.2. The molecule has 8 nitrogen and oxygen atoms in total. The number of aromatic nitrogens is 2. The van der Waals surface area contributed by atoms with E-state index in [-0.39, 0.29) is 29.3 Å². The highest BCUT2D eigenvalue weighted by molar-refractivity contribution is 5.79. The van der Waals surface area contributed by atoms with Crippen molar-refractivity contribution in [1.29, 1.82) is 0 Å². The Morgan fingerprint density at radius 3 is 2.53 bits per heavy atom. The Hall–Kier alpha value is -2.14. The summed E-state index contributed by atoms with van der Waals surface area (Å²) in [5.41, 5.74) is -0.579. The minimum absolute atomic E-state index is 0.0857. The van der Waals surface area contributed by atoms with Gasteiger partial charge >= 0.3 is 6.18 Å². The molecule has 36 heavy (non-hydrogen) atoms. The lowest BCUT2D eigenvalue weighted by molar-refractivity contribution is -0.178. The van der Waals surface area contributed by atoms with Crippen LogP contribution in [0.5, 0.6) is 0 Å². The molecule has 0 aromatic carbocycles. The molecule has 3 aliphatic carbocycles. The molecule has 7 aliphatic rings. The highest BCUT2D eigenvalue weighted by Crippen LogP contribution is 2.72. The van der Waals surface area contributed by atoms with Gasteiger partial charge in [0.25, 0.3) is 0 Å². The number of rotatable bonds is 8. The van der Waals surface area contributed by atoms with Crippen LogP contribution in [0.25, 0.3) is 0 Å². The summed E-state index contributed by atoms with van der Waals surface area (Å²) in [7, 11) is 0. The summed E-state index contributed by atoms with van der Waals surface area (Å²) in [6.07, 6.45) is 4.11. The van der Waals surface area contributed by atoms with Crippen LogP contribution in [0.1, 0.15) is 56.9 Å². The number of nitrogens with one attached hydrogen (secondary N) is 2. The van der Waals surface area contributed by atoms with Gasteiger partial charge in [-0.05, 0) is 62.7 Å². The average molecular weight is 509 g/mol. The maximum atomic E-state index is 13.6. The number of carbonyl (C=O) groups excluding carboxylic acids is 1. The van der Waals surface area contributed by atoms with Gasteiger partial charge in [0, 0.05) is 57.2 Å². The van der Waals surface area contributed by atoms with Crippen LogP contribution in [-0.2, 0) is 15.7 Å². The maximum absolute atomic E-state index is 13.6. The lowest BCUT2D eigenvalue weighted by Crippen LogP contribution is -2.73. The van der Waals surface area contributed by atoms with Crippen molar-refractivity contribution >= 4 is 17.7 Å². The fourth-order valence-electron chi connectivity index (χ4n) is 7.40. The van der Waals surface area contributed by atoms with E-state index in [0.29, 0.717) is 37.4 Å². The molecule has 1 amide bonds. The van der Waals surface area contributed by atoms with Crippen molar-refractivity contribution in [3.05, 3.63) is 11.8 Å². The smallest absolute Gasteiger partial charge is 0.381 e. The third-order valence-corrected chi connectivity index (χ3v) is 9.18. The van der Waals surface area contributed by atoms with E-state index >= 15 is 0 Å². The predicted octanol–water partition coefficient (Wildman–Crippen LogP) is 3.37. The van der Waals surface area contributed by atoms with Crippen LogP contribution in [0.2, 0.25) is 0 Å². The molecule has 0 unspecified atom stereocenters. The van der Waals surface area contributed by atoms with Crippen molar-refractivity contribution in [2.45, 2.75) is 69.1 Å². The molecule has 2 N–H and O–H groups in total. The van der Waals surface area contributed by atoms with Gasteiger partial charge in [-0.25, -0.2) is 4.98 Å². The maximum Gasteiger partial charge on any atom is 0.421 e. The van der Waals surface area contributed by atoms with E-state index in [4.69, 9.17) is 4.74 Å². The number of ether oxygens (including phenoxy) is 1. The van der Waals surface area contributed by atoms with Crippen molar-refractivity contribution in [2.75, 3.05) is 56.6 Å². The summed E-state index contributed by atoms with van der Waals surface area (Å²) < 4.78 is 46.4. The number of nitrogens with zero attached hydrogens (tertiary/aromatic N) is 4. The van der Waals surface area contributed by atoms with Gasteiger partial charge in [-0.15, -0.1) is 0 Å². The van der Waals surface area contributed by atoms with Crippen LogP contribution in [0.15, 0.2) is 6.20 Å². The van der Waals surface area contributed by atoms with Gasteiger partial charge in [-0.3, -0.25) is 9.69 Å². The van der Waals surface area contributed by atoms with Gasteiger partial charge in [0.05, 0.1) is 6.54 Å². The number of carbonyl (C=O) groups is 1. The molecule has 11 heteroatoms. The normalized spacial score (nSPS) is 34.1. The minimum atomic E-state index is -4.54. The van der Waals surface area contributed by atoms with Gasteiger partial charge < -0.3 is 20.3 Å². The van der Waals surface area contributed by atoms with E-state index in [9.17, 15) is 18.0 Å². The third kappa shape index (κ3) is 4.42. The fourth-order valence-corrected chi connectivity index (χ4v) is 7.40. The molecular weight excluding hydrogens is 473 g/mol. The zero-order valence-corrected chi connectivity index (χ0v) is 20.6. The third-order valence-electron chi connectivity index (χ3n) is 9.18. The minimum Gasteiger partial charge on any atom is -0.381 e. The molecular formula is C25H35F3N6O2. The van der Waals surface area contributed by atoms with Gasteiger partial charge in [-0.2, -0.15) is 18.2 Å². The SMILES string of the molecule is O=C1CN2CCC(CC2)N1CCCNc1nc(NC23CC(C4CCOCC4)(C2)C3)ncc1C(F)(F)F. The van der Waals surface area contributed by atoms with E-state index in [1.165, 1.54) is 0 Å². The van der Waals surface area contributed by atoms with Crippen LogP contribution in [0.3, 0.4) is 0 Å². The topological polar surface area (TPSA) is 82.6 Å². The predicted molar refractivity (Wildman–Crippen MR) is 127 cm³/mol. The molecule has 198 valence electrons. The Balaban J connectivity index is 1.06. The first-order chi connectivity index (χ1) is 17.3. The first-order valence-electron chi connectivity index (χ1n) is 13.3. The first-order valence-corrected chi connectivity index (χ1v) is 13.3. The Bertz CT molecular complexity index is 971. The molecule has 4 saturated heterocycles. The van der Waals surface area contributed by atoms with E-state index in [1.807, 2.05) is 4.90 Å². The molecule has 3 saturated carbocycles. The second-order valence-corrected chi connectivity index (χ2v) is 11.5. The molecule has 7 fully saturated rings. The highest BCUT2D eigenvalue weighted by Gasteiger charge is 2.70. The number of amides is 1. The van der Waals surface area contributed by atoms with Crippen LogP contribution in [0, 0.1) is 11.3 Å². The molecule has 1 aromatic heterocycles. The van der Waals surface area contributed by atoms with Crippen LogP contribution in [0.4, 0.5) is 24.9 Å². The summed E-state index contributed by atoms with van der Waals surface area (Å²) in [4.78, 5) is 24.9. The van der Waals surface area contributed by atoms with Gasteiger partial charge in [0.1, 0.15) is 11.4 Å². The second-order valence-electron chi connectivity index (χ2n) is 11.5. The number of piperidine rings is 1. The number of anilines is 2. The standard InChI is InChI=1S/C25H35F3N6O2/c26-25(27,28)19-12-30-22(32-24-14-23(15-24,16-24)17-4-10-36-11-5-17)31-21(19)29-6-1-7-34-18-2-8-33(9-3-18)13-20(34)35/h12,17-18H,1-11,13-16H2,(H2,29,30,31,32). The van der Waals surface area contributed by atoms with Crippen LogP contribution >= 0.6 is 0 Å². The molecule has 0 radical (unpaired) electrons. The van der Waals surface area contributed by atoms with Gasteiger partial charge in [0.15, 0.2) is 0 Å². The van der Waals surface area contributed by atoms with Gasteiger partial charge in [0.2, 0.25) is 11.9 Å². The molecule has 0 spiro atoms. The van der Waals surface area contributed by atoms with E-state index in [1.54, 1.807) is 0 Å². The summed E-state index contributed by atoms with van der Waals surface area (Å²) in [6, 6.07) is 0.245. The van der Waals surface area contributed by atoms with Crippen molar-refractivity contribution < 1.29 is 22.7 Å². The monoisotopic (exact) mass is 508 g/mol. The largest absolute Gasteiger partial charge is 0.421 e. The van der Waals surface area contributed by atoms with Crippen molar-refractivity contribution in [1.82, 2.24) is 19.8 Å². The van der Waals surface area contributed by atoms with E-state index in [2.05, 4.69) is 25.5 Å². The van der Waals surface area contributed by atoms with Gasteiger partial charge in [-0.1, -0.05) is 0 Å².